The third-order valence-electron chi connectivity index (χ3n) is 6.77. The molecule has 0 atom stereocenters. The SMILES string of the molecule is CC(C)OCCOCCOCCOCCOCCOCCOCCOCCNC(=O)OCC1c2ccccc2-c2ccccc21. The molecule has 0 fully saturated rings. The number of fused-ring (bicyclic) bond motifs is 3. The van der Waals surface area contributed by atoms with E-state index in [1.165, 1.54) is 22.3 Å². The van der Waals surface area contributed by atoms with E-state index < -0.39 is 6.09 Å². The predicted molar refractivity (Wildman–Crippen MR) is 170 cm³/mol. The maximum absolute atomic E-state index is 12.2. The number of nitrogens with one attached hydrogen (secondary N) is 1. The van der Waals surface area contributed by atoms with Crippen LogP contribution in [0.25, 0.3) is 11.1 Å². The topological polar surface area (TPSA) is 112 Å². The molecule has 3 rings (SSSR count). The molecule has 0 unspecified atom stereocenters. The summed E-state index contributed by atoms with van der Waals surface area (Å²) >= 11 is 0. The molecule has 0 saturated carbocycles. The van der Waals surface area contributed by atoms with E-state index in [1.807, 2.05) is 38.1 Å². The number of carbonyl (C=O) groups is 1. The molecular weight excluding hydrogens is 582 g/mol. The van der Waals surface area contributed by atoms with E-state index in [1.54, 1.807) is 0 Å². The highest BCUT2D eigenvalue weighted by atomic mass is 16.6. The highest BCUT2D eigenvalue weighted by molar-refractivity contribution is 5.79. The fraction of sp³-hybridized carbons (Fsp3) is 0.618. The number of ether oxygens (including phenoxy) is 9. The van der Waals surface area contributed by atoms with Crippen LogP contribution in [0.4, 0.5) is 4.79 Å². The van der Waals surface area contributed by atoms with Crippen LogP contribution in [0.2, 0.25) is 0 Å². The van der Waals surface area contributed by atoms with Gasteiger partial charge < -0.3 is 47.9 Å². The van der Waals surface area contributed by atoms with Crippen LogP contribution in [-0.2, 0) is 42.6 Å². The first-order chi connectivity index (χ1) is 22.2. The number of amides is 1. The van der Waals surface area contributed by atoms with Crippen molar-refractivity contribution in [2.24, 2.45) is 0 Å². The molecule has 0 saturated heterocycles. The minimum absolute atomic E-state index is 0.0429. The van der Waals surface area contributed by atoms with Crippen molar-refractivity contribution in [3.05, 3.63) is 59.7 Å². The predicted octanol–water partition coefficient (Wildman–Crippen LogP) is 4.07. The fourth-order valence-corrected chi connectivity index (χ4v) is 4.64. The molecule has 0 spiro atoms. The Hall–Kier alpha value is -2.61. The van der Waals surface area contributed by atoms with Gasteiger partial charge >= 0.3 is 6.09 Å². The van der Waals surface area contributed by atoms with Gasteiger partial charge in [-0.1, -0.05) is 48.5 Å². The normalized spacial score (nSPS) is 12.4. The first kappa shape index (κ1) is 36.9. The van der Waals surface area contributed by atoms with E-state index in [0.29, 0.717) is 112 Å². The molecule has 0 aliphatic heterocycles. The van der Waals surface area contributed by atoms with Gasteiger partial charge in [0.15, 0.2) is 0 Å². The van der Waals surface area contributed by atoms with E-state index >= 15 is 0 Å². The quantitative estimate of drug-likeness (QED) is 0.145. The van der Waals surface area contributed by atoms with Crippen molar-refractivity contribution in [3.8, 4) is 11.1 Å². The maximum Gasteiger partial charge on any atom is 0.407 e. The summed E-state index contributed by atoms with van der Waals surface area (Å²) in [5.74, 6) is 0.0429. The van der Waals surface area contributed by atoms with Gasteiger partial charge in [0.25, 0.3) is 0 Å². The first-order valence-electron chi connectivity index (χ1n) is 15.9. The molecule has 1 aliphatic carbocycles. The van der Waals surface area contributed by atoms with E-state index in [9.17, 15) is 4.79 Å². The van der Waals surface area contributed by atoms with Gasteiger partial charge in [-0.3, -0.25) is 0 Å². The van der Waals surface area contributed by atoms with Crippen LogP contribution in [-0.4, -0.2) is 124 Å². The van der Waals surface area contributed by atoms with E-state index in [-0.39, 0.29) is 12.0 Å². The number of alkyl carbamates (subject to hydrolysis) is 1. The Labute approximate surface area is 267 Å². The van der Waals surface area contributed by atoms with Gasteiger partial charge in [0.1, 0.15) is 6.61 Å². The lowest BCUT2D eigenvalue weighted by Gasteiger charge is -2.14. The van der Waals surface area contributed by atoms with Crippen LogP contribution in [0.3, 0.4) is 0 Å². The third-order valence-corrected chi connectivity index (χ3v) is 6.77. The first-order valence-corrected chi connectivity index (χ1v) is 15.9. The van der Waals surface area contributed by atoms with Crippen LogP contribution in [0, 0.1) is 0 Å². The molecule has 2 aromatic carbocycles. The van der Waals surface area contributed by atoms with Gasteiger partial charge in [-0.05, 0) is 36.1 Å². The molecular formula is C34H51NO10. The van der Waals surface area contributed by atoms with Crippen LogP contribution >= 0.6 is 0 Å². The van der Waals surface area contributed by atoms with E-state index in [4.69, 9.17) is 42.6 Å². The molecule has 11 heteroatoms. The molecule has 1 amide bonds. The average molecular weight is 634 g/mol. The molecule has 0 aromatic heterocycles. The Bertz CT molecular complexity index is 1010. The van der Waals surface area contributed by atoms with Gasteiger partial charge in [0.2, 0.25) is 0 Å². The Morgan fingerprint density at radius 2 is 0.956 bits per heavy atom. The minimum Gasteiger partial charge on any atom is -0.449 e. The Morgan fingerprint density at radius 3 is 1.38 bits per heavy atom. The number of rotatable bonds is 27. The second-order valence-corrected chi connectivity index (χ2v) is 10.5. The lowest BCUT2D eigenvalue weighted by molar-refractivity contribution is -0.0255. The zero-order chi connectivity index (χ0) is 31.8. The van der Waals surface area contributed by atoms with Crippen molar-refractivity contribution in [1.82, 2.24) is 5.32 Å². The number of benzene rings is 2. The summed E-state index contributed by atoms with van der Waals surface area (Å²) < 4.78 is 49.2. The van der Waals surface area contributed by atoms with Crippen LogP contribution < -0.4 is 5.32 Å². The second-order valence-electron chi connectivity index (χ2n) is 10.5. The number of hydrogen-bond donors (Lipinski definition) is 1. The van der Waals surface area contributed by atoms with Crippen LogP contribution in [0.1, 0.15) is 30.9 Å². The summed E-state index contributed by atoms with van der Waals surface area (Å²) in [5, 5.41) is 2.74. The monoisotopic (exact) mass is 633 g/mol. The van der Waals surface area contributed by atoms with Gasteiger partial charge in [-0.2, -0.15) is 0 Å². The molecule has 0 bridgehead atoms. The Morgan fingerprint density at radius 1 is 0.578 bits per heavy atom. The molecule has 45 heavy (non-hydrogen) atoms. The average Bonchev–Trinajstić information content (AvgIpc) is 3.37. The van der Waals surface area contributed by atoms with Crippen molar-refractivity contribution in [3.63, 3.8) is 0 Å². The summed E-state index contributed by atoms with van der Waals surface area (Å²) in [6, 6.07) is 16.5. The zero-order valence-corrected chi connectivity index (χ0v) is 26.9. The summed E-state index contributed by atoms with van der Waals surface area (Å²) in [5.41, 5.74) is 4.79. The highest BCUT2D eigenvalue weighted by Crippen LogP contribution is 2.44. The minimum atomic E-state index is -0.448. The summed E-state index contributed by atoms with van der Waals surface area (Å²) in [6.07, 6.45) is -0.221. The van der Waals surface area contributed by atoms with Crippen molar-refractivity contribution in [2.45, 2.75) is 25.9 Å². The maximum atomic E-state index is 12.2. The van der Waals surface area contributed by atoms with Crippen molar-refractivity contribution in [1.29, 1.82) is 0 Å². The fourth-order valence-electron chi connectivity index (χ4n) is 4.64. The molecule has 11 nitrogen and oxygen atoms in total. The summed E-state index contributed by atoms with van der Waals surface area (Å²) in [6.45, 7) is 12.2. The molecule has 1 aliphatic rings. The van der Waals surface area contributed by atoms with Gasteiger partial charge in [-0.15, -0.1) is 0 Å². The van der Waals surface area contributed by atoms with E-state index in [0.717, 1.165) is 0 Å². The van der Waals surface area contributed by atoms with Crippen molar-refractivity contribution >= 4 is 6.09 Å². The largest absolute Gasteiger partial charge is 0.449 e. The lowest BCUT2D eigenvalue weighted by atomic mass is 9.98. The van der Waals surface area contributed by atoms with Crippen molar-refractivity contribution < 1.29 is 47.4 Å². The van der Waals surface area contributed by atoms with E-state index in [2.05, 4.69) is 29.6 Å². The second kappa shape index (κ2) is 23.7. The van der Waals surface area contributed by atoms with Crippen LogP contribution in [0.5, 0.6) is 0 Å². The van der Waals surface area contributed by atoms with Gasteiger partial charge in [0.05, 0.1) is 105 Å². The Balaban J connectivity index is 1.02. The Kier molecular flexibility index (Phi) is 19.4. The zero-order valence-electron chi connectivity index (χ0n) is 26.9. The molecule has 252 valence electrons. The lowest BCUT2D eigenvalue weighted by Crippen LogP contribution is -2.29. The number of carbonyl (C=O) groups excluding carboxylic acids is 1. The standard InChI is InChI=1S/C34H51NO10/c1-28(2)44-26-25-43-24-23-42-22-21-41-20-19-40-18-17-39-16-15-38-14-13-37-12-11-35-34(36)45-27-33-31-9-5-3-7-29(31)30-8-4-6-10-32(30)33/h3-10,28,33H,11-27H2,1-2H3,(H,35,36). The summed E-state index contributed by atoms with van der Waals surface area (Å²) in [7, 11) is 0. The van der Waals surface area contributed by atoms with Crippen molar-refractivity contribution in [2.75, 3.05) is 112 Å². The molecule has 1 N–H and O–H groups in total. The summed E-state index contributed by atoms with van der Waals surface area (Å²) in [4.78, 5) is 12.2. The molecule has 0 radical (unpaired) electrons. The third kappa shape index (κ3) is 15.5. The highest BCUT2D eigenvalue weighted by Gasteiger charge is 2.28. The number of hydrogen-bond acceptors (Lipinski definition) is 10. The molecule has 0 heterocycles. The smallest absolute Gasteiger partial charge is 0.407 e. The molecule has 2 aromatic rings. The van der Waals surface area contributed by atoms with Gasteiger partial charge in [-0.25, -0.2) is 4.79 Å². The van der Waals surface area contributed by atoms with Gasteiger partial charge in [0, 0.05) is 12.5 Å². The van der Waals surface area contributed by atoms with Crippen LogP contribution in [0.15, 0.2) is 48.5 Å².